The largest absolute Gasteiger partial charge is 3.00 e. The van der Waals surface area contributed by atoms with Gasteiger partial charge in [0.05, 0.1) is 12.8 Å². The van der Waals surface area contributed by atoms with Gasteiger partial charge in [0.1, 0.15) is 5.71 Å². The van der Waals surface area contributed by atoms with Crippen molar-refractivity contribution < 1.29 is 26.0 Å². The molecule has 23 heavy (non-hydrogen) atoms. The van der Waals surface area contributed by atoms with Crippen LogP contribution in [0.25, 0.3) is 0 Å². The summed E-state index contributed by atoms with van der Waals surface area (Å²) in [5, 5.41) is 0. The Hall–Kier alpha value is -1.15. The number of rotatable bonds is 4. The van der Waals surface area contributed by atoms with Gasteiger partial charge in [0.2, 0.25) is 0 Å². The van der Waals surface area contributed by atoms with E-state index in [0.29, 0.717) is 17.5 Å². The Morgan fingerprint density at radius 1 is 1.00 bits per heavy atom. The van der Waals surface area contributed by atoms with Crippen molar-refractivity contribution in [1.82, 2.24) is 0 Å². The number of nitrogens with zero attached hydrogens (tertiary/aromatic N) is 1. The average Bonchev–Trinajstić information content (AvgIpc) is 2.37. The zero-order valence-electron chi connectivity index (χ0n) is 16.0. The maximum Gasteiger partial charge on any atom is 3.00 e. The van der Waals surface area contributed by atoms with Gasteiger partial charge >= 0.3 is 22.5 Å². The second-order valence-electron chi connectivity index (χ2n) is 5.28. The van der Waals surface area contributed by atoms with E-state index in [0.717, 1.165) is 16.8 Å². The van der Waals surface area contributed by atoms with Crippen LogP contribution in [0.5, 0.6) is 0 Å². The number of esters is 1. The molecule has 0 saturated heterocycles. The topological polar surface area (TPSA) is 38.7 Å². The van der Waals surface area contributed by atoms with E-state index in [4.69, 9.17) is 4.74 Å². The molecule has 0 bridgehead atoms. The van der Waals surface area contributed by atoms with Crippen LogP contribution in [-0.2, 0) is 26.0 Å². The summed E-state index contributed by atoms with van der Waals surface area (Å²) in [5.74, 6) is 0.346. The number of hydrogen-bond donors (Lipinski definition) is 0. The molecule has 0 heterocycles. The maximum atomic E-state index is 11.5. The minimum atomic E-state index is -0.381. The van der Waals surface area contributed by atoms with E-state index in [2.05, 4.69) is 50.9 Å². The van der Waals surface area contributed by atoms with E-state index in [1.807, 2.05) is 0 Å². The third kappa shape index (κ3) is 7.79. The molecule has 0 aliphatic carbocycles. The molecule has 0 fully saturated rings. The van der Waals surface area contributed by atoms with Crippen LogP contribution in [0, 0.1) is 22.3 Å². The molecule has 0 amide bonds. The first kappa shape index (κ1) is 29.8. The molecule has 135 valence electrons. The molecule has 0 aliphatic heterocycles. The Morgan fingerprint density at radius 2 is 1.39 bits per heavy atom. The van der Waals surface area contributed by atoms with Crippen molar-refractivity contribution in [2.75, 3.05) is 7.11 Å². The van der Waals surface area contributed by atoms with E-state index in [1.54, 1.807) is 6.92 Å². The molecule has 0 atom stereocenters. The van der Waals surface area contributed by atoms with Gasteiger partial charge in [-0.05, 0) is 29.9 Å². The van der Waals surface area contributed by atoms with E-state index in [9.17, 15) is 4.79 Å². The molecule has 0 N–H and O–H groups in total. The zero-order valence-corrected chi connectivity index (χ0v) is 17.0. The molecule has 0 saturated carbocycles. The van der Waals surface area contributed by atoms with E-state index in [1.165, 1.54) is 7.11 Å². The van der Waals surface area contributed by atoms with Crippen LogP contribution in [0.15, 0.2) is 23.2 Å². The first-order chi connectivity index (χ1) is 8.88. The van der Waals surface area contributed by atoms with Crippen molar-refractivity contribution >= 4 is 17.4 Å². The zero-order chi connectivity index (χ0) is 14.6. The number of para-hydroxylation sites is 1. The Labute approximate surface area is 153 Å². The molecular weight excluding hydrogens is 333 g/mol. The van der Waals surface area contributed by atoms with Gasteiger partial charge in [0.25, 0.3) is 0 Å². The van der Waals surface area contributed by atoms with Gasteiger partial charge in [-0.15, -0.1) is 0 Å². The van der Waals surface area contributed by atoms with E-state index < -0.39 is 0 Å². The third-order valence-electron chi connectivity index (χ3n) is 3.10. The summed E-state index contributed by atoms with van der Waals surface area (Å²) in [5.41, 5.74) is 3.62. The smallest absolute Gasteiger partial charge is 0.465 e. The summed E-state index contributed by atoms with van der Waals surface area (Å²) in [6, 6.07) is 6.19. The second-order valence-corrected chi connectivity index (χ2v) is 5.28. The number of benzene rings is 1. The fourth-order valence-electron chi connectivity index (χ4n) is 2.00. The molecule has 1 rings (SSSR count). The Morgan fingerprint density at radius 3 is 1.70 bits per heavy atom. The molecular formula is C19H32NNiO2. The quantitative estimate of drug-likeness (QED) is 0.304. The first-order valence-electron chi connectivity index (χ1n) is 6.64. The number of hydrogen-bond acceptors (Lipinski definition) is 3. The summed E-state index contributed by atoms with van der Waals surface area (Å²) >= 11 is 0. The minimum Gasteiger partial charge on any atom is -0.465 e. The Kier molecular flexibility index (Phi) is 17.2. The van der Waals surface area contributed by atoms with Crippen LogP contribution in [0.1, 0.15) is 57.6 Å². The summed E-state index contributed by atoms with van der Waals surface area (Å²) < 4.78 is 4.72. The third-order valence-corrected chi connectivity index (χ3v) is 3.10. The van der Waals surface area contributed by atoms with Gasteiger partial charge in [-0.2, -0.15) is 0 Å². The van der Waals surface area contributed by atoms with Crippen LogP contribution < -0.4 is 0 Å². The average molecular weight is 365 g/mol. The van der Waals surface area contributed by atoms with Gasteiger partial charge in [-0.1, -0.05) is 45.9 Å². The predicted molar refractivity (Wildman–Crippen MR) is 98.6 cm³/mol. The maximum absolute atomic E-state index is 11.5. The Balaban J connectivity index is -0.000000451. The first-order valence-corrected chi connectivity index (χ1v) is 6.64. The SMILES string of the molecule is COC(=O)C(C)=Nc1c(C(C)C)cccc1C(C)C.[CH3-].[CH3-].[CH3-].[Ni+3]. The fourth-order valence-corrected chi connectivity index (χ4v) is 2.00. The molecule has 0 unspecified atom stereocenters. The molecule has 3 nitrogen and oxygen atoms in total. The molecule has 1 aromatic carbocycles. The Bertz CT molecular complexity index is 468. The molecule has 0 aliphatic rings. The summed E-state index contributed by atoms with van der Waals surface area (Å²) in [6.45, 7) is 10.2. The van der Waals surface area contributed by atoms with Crippen molar-refractivity contribution in [2.45, 2.75) is 46.5 Å². The van der Waals surface area contributed by atoms with Crippen LogP contribution in [0.3, 0.4) is 0 Å². The van der Waals surface area contributed by atoms with Crippen LogP contribution in [-0.4, -0.2) is 18.8 Å². The van der Waals surface area contributed by atoms with Crippen molar-refractivity contribution in [3.8, 4) is 0 Å². The fraction of sp³-hybridized carbons (Fsp3) is 0.421. The van der Waals surface area contributed by atoms with Crippen LogP contribution in [0.2, 0.25) is 0 Å². The summed E-state index contributed by atoms with van der Waals surface area (Å²) in [7, 11) is 1.37. The summed E-state index contributed by atoms with van der Waals surface area (Å²) in [6.07, 6.45) is 0. The monoisotopic (exact) mass is 364 g/mol. The van der Waals surface area contributed by atoms with Crippen LogP contribution >= 0.6 is 0 Å². The van der Waals surface area contributed by atoms with Gasteiger partial charge in [-0.25, -0.2) is 9.79 Å². The molecule has 0 aromatic heterocycles. The van der Waals surface area contributed by atoms with Crippen molar-refractivity contribution in [1.29, 1.82) is 0 Å². The number of methoxy groups -OCH3 is 1. The van der Waals surface area contributed by atoms with Gasteiger partial charge < -0.3 is 27.0 Å². The minimum absolute atomic E-state index is 0. The standard InChI is InChI=1S/C16H23NO2.3CH3.Ni/c1-10(2)13-8-7-9-14(11(3)4)15(13)17-12(5)16(18)19-6;;;;/h7-11H,1-6H3;3*1H3;/q;3*-1;+3. The van der Waals surface area contributed by atoms with Crippen molar-refractivity contribution in [3.63, 3.8) is 0 Å². The molecule has 1 radical (unpaired) electrons. The van der Waals surface area contributed by atoms with E-state index in [-0.39, 0.29) is 44.7 Å². The molecule has 1 aromatic rings. The van der Waals surface area contributed by atoms with Gasteiger partial charge in [-0.3, -0.25) is 0 Å². The molecule has 4 heteroatoms. The summed E-state index contributed by atoms with van der Waals surface area (Å²) in [4.78, 5) is 16.0. The second kappa shape index (κ2) is 13.3. The molecule has 0 spiro atoms. The number of ether oxygens (including phenoxy) is 1. The van der Waals surface area contributed by atoms with Gasteiger partial charge in [0.15, 0.2) is 0 Å². The number of carbonyl (C=O) groups is 1. The van der Waals surface area contributed by atoms with Crippen molar-refractivity contribution in [2.24, 2.45) is 4.99 Å². The van der Waals surface area contributed by atoms with Crippen molar-refractivity contribution in [3.05, 3.63) is 51.6 Å². The normalized spacial score (nSPS) is 10.0. The predicted octanol–water partition coefficient (Wildman–Crippen LogP) is 5.55. The number of aliphatic imine (C=N–C) groups is 1. The van der Waals surface area contributed by atoms with Gasteiger partial charge in [0, 0.05) is 0 Å². The van der Waals surface area contributed by atoms with E-state index >= 15 is 0 Å². The number of carbonyl (C=O) groups excluding carboxylic acids is 1. The van der Waals surface area contributed by atoms with Crippen LogP contribution in [0.4, 0.5) is 5.69 Å².